The Hall–Kier alpha value is -1.18. The van der Waals surface area contributed by atoms with Crippen LogP contribution in [-0.2, 0) is 17.1 Å². The summed E-state index contributed by atoms with van der Waals surface area (Å²) in [7, 11) is -1.77. The summed E-state index contributed by atoms with van der Waals surface area (Å²) in [5.41, 5.74) is 0.774. The quantitative estimate of drug-likeness (QED) is 0.848. The first-order valence-corrected chi connectivity index (χ1v) is 9.25. The lowest BCUT2D eigenvalue weighted by Crippen LogP contribution is -2.39. The molecule has 7 heteroatoms. The lowest BCUT2D eigenvalue weighted by Gasteiger charge is -2.30. The third-order valence-electron chi connectivity index (χ3n) is 4.02. The molecule has 0 aliphatic carbocycles. The van der Waals surface area contributed by atoms with Crippen molar-refractivity contribution in [3.63, 3.8) is 0 Å². The van der Waals surface area contributed by atoms with Crippen molar-refractivity contribution in [3.05, 3.63) is 27.9 Å². The highest BCUT2D eigenvalue weighted by molar-refractivity contribution is 7.89. The highest BCUT2D eigenvalue weighted by Gasteiger charge is 2.28. The molecule has 0 saturated carbocycles. The molecule has 1 fully saturated rings. The van der Waals surface area contributed by atoms with Gasteiger partial charge in [-0.05, 0) is 37.0 Å². The van der Waals surface area contributed by atoms with Crippen LogP contribution in [-0.4, -0.2) is 30.4 Å². The van der Waals surface area contributed by atoms with Crippen molar-refractivity contribution in [2.24, 2.45) is 13.0 Å². The molecule has 114 valence electrons. The summed E-state index contributed by atoms with van der Waals surface area (Å²) < 4.78 is 29.2. The zero-order valence-corrected chi connectivity index (χ0v) is 13.7. The smallest absolute Gasteiger partial charge is 0.302 e. The summed E-state index contributed by atoms with van der Waals surface area (Å²) in [6.45, 7) is 3.23. The average Bonchev–Trinajstić information content (AvgIpc) is 2.73. The van der Waals surface area contributed by atoms with Crippen LogP contribution in [0.1, 0.15) is 19.8 Å². The summed E-state index contributed by atoms with van der Waals surface area (Å²) in [4.78, 5) is 11.9. The number of aryl methyl sites for hydroxylation is 1. The van der Waals surface area contributed by atoms with Gasteiger partial charge in [-0.15, -0.1) is 0 Å². The van der Waals surface area contributed by atoms with Crippen molar-refractivity contribution in [1.29, 1.82) is 0 Å². The minimum Gasteiger partial charge on any atom is -0.302 e. The van der Waals surface area contributed by atoms with Crippen molar-refractivity contribution < 1.29 is 8.42 Å². The van der Waals surface area contributed by atoms with Gasteiger partial charge in [-0.25, -0.2) is 8.42 Å². The van der Waals surface area contributed by atoms with Gasteiger partial charge >= 0.3 is 4.87 Å². The standard InChI is InChI=1S/C14H18N2O3S2/c1-10-4-3-7-16(9-10)21(18,19)11-5-6-12-13(8-11)20-14(17)15(12)2/h5-6,8,10H,3-4,7,9H2,1-2H3/t10-/m0/s1. The third-order valence-corrected chi connectivity index (χ3v) is 6.88. The van der Waals surface area contributed by atoms with E-state index in [1.807, 2.05) is 0 Å². The number of benzene rings is 1. The van der Waals surface area contributed by atoms with Gasteiger partial charge in [0.25, 0.3) is 0 Å². The molecule has 1 saturated heterocycles. The Balaban J connectivity index is 2.04. The molecule has 0 bridgehead atoms. The first kappa shape index (κ1) is 14.7. The molecule has 0 radical (unpaired) electrons. The molecule has 0 N–H and O–H groups in total. The van der Waals surface area contributed by atoms with Crippen molar-refractivity contribution in [3.8, 4) is 0 Å². The molecular formula is C14H18N2O3S2. The van der Waals surface area contributed by atoms with Crippen LogP contribution in [0.15, 0.2) is 27.9 Å². The Kier molecular flexibility index (Phi) is 3.67. The number of nitrogens with zero attached hydrogens (tertiary/aromatic N) is 2. The van der Waals surface area contributed by atoms with E-state index >= 15 is 0 Å². The van der Waals surface area contributed by atoms with Crippen molar-refractivity contribution >= 4 is 31.6 Å². The fourth-order valence-corrected chi connectivity index (χ4v) is 5.41. The van der Waals surface area contributed by atoms with Gasteiger partial charge in [0.1, 0.15) is 0 Å². The molecule has 1 atom stereocenters. The van der Waals surface area contributed by atoms with Gasteiger partial charge < -0.3 is 4.57 Å². The predicted octanol–water partition coefficient (Wildman–Crippen LogP) is 2.02. The summed E-state index contributed by atoms with van der Waals surface area (Å²) in [6.07, 6.45) is 1.98. The number of aromatic nitrogens is 1. The Morgan fingerprint density at radius 1 is 1.33 bits per heavy atom. The second kappa shape index (κ2) is 5.23. The van der Waals surface area contributed by atoms with Gasteiger partial charge in [0, 0.05) is 20.1 Å². The molecule has 1 aliphatic heterocycles. The SMILES string of the molecule is C[C@H]1CCCN(S(=O)(=O)c2ccc3c(c2)sc(=O)n3C)C1. The van der Waals surface area contributed by atoms with E-state index in [9.17, 15) is 13.2 Å². The molecule has 3 rings (SSSR count). The number of hydrogen-bond acceptors (Lipinski definition) is 4. The Morgan fingerprint density at radius 3 is 2.81 bits per heavy atom. The molecule has 1 aromatic carbocycles. The molecule has 0 spiro atoms. The number of thiazole rings is 1. The summed E-state index contributed by atoms with van der Waals surface area (Å²) >= 11 is 1.08. The summed E-state index contributed by atoms with van der Waals surface area (Å²) in [5.74, 6) is 0.394. The minimum atomic E-state index is -3.46. The van der Waals surface area contributed by atoms with E-state index in [2.05, 4.69) is 6.92 Å². The first-order chi connectivity index (χ1) is 9.89. The number of rotatable bonds is 2. The van der Waals surface area contributed by atoms with Crippen LogP contribution in [0, 0.1) is 5.92 Å². The normalized spacial score (nSPS) is 21.0. The molecule has 1 aliphatic rings. The van der Waals surface area contributed by atoms with Crippen LogP contribution in [0.3, 0.4) is 0 Å². The molecule has 5 nitrogen and oxygen atoms in total. The van der Waals surface area contributed by atoms with Gasteiger partial charge in [0.2, 0.25) is 10.0 Å². The first-order valence-electron chi connectivity index (χ1n) is 6.99. The second-order valence-corrected chi connectivity index (χ2v) is 8.60. The number of piperidine rings is 1. The van der Waals surface area contributed by atoms with Gasteiger partial charge in [0.05, 0.1) is 15.1 Å². The van der Waals surface area contributed by atoms with Crippen molar-refractivity contribution in [2.75, 3.05) is 13.1 Å². The fourth-order valence-electron chi connectivity index (χ4n) is 2.79. The van der Waals surface area contributed by atoms with E-state index in [1.165, 1.54) is 0 Å². The van der Waals surface area contributed by atoms with Crippen LogP contribution >= 0.6 is 11.3 Å². The number of sulfonamides is 1. The molecule has 21 heavy (non-hydrogen) atoms. The molecule has 1 aromatic heterocycles. The zero-order chi connectivity index (χ0) is 15.2. The highest BCUT2D eigenvalue weighted by Crippen LogP contribution is 2.26. The fraction of sp³-hybridized carbons (Fsp3) is 0.500. The lowest BCUT2D eigenvalue weighted by molar-refractivity contribution is 0.281. The molecule has 2 aromatic rings. The van der Waals surface area contributed by atoms with E-state index in [1.54, 1.807) is 34.1 Å². The van der Waals surface area contributed by atoms with Crippen LogP contribution in [0.4, 0.5) is 0 Å². The minimum absolute atomic E-state index is 0.0776. The van der Waals surface area contributed by atoms with Gasteiger partial charge in [0.15, 0.2) is 0 Å². The number of fused-ring (bicyclic) bond motifs is 1. The van der Waals surface area contributed by atoms with Crippen LogP contribution in [0.5, 0.6) is 0 Å². The molecule has 0 amide bonds. The maximum atomic E-state index is 12.7. The van der Waals surface area contributed by atoms with Crippen LogP contribution < -0.4 is 4.87 Å². The highest BCUT2D eigenvalue weighted by atomic mass is 32.2. The van der Waals surface area contributed by atoms with Gasteiger partial charge in [-0.1, -0.05) is 18.3 Å². The maximum Gasteiger partial charge on any atom is 0.307 e. The van der Waals surface area contributed by atoms with Gasteiger partial charge in [-0.2, -0.15) is 4.31 Å². The van der Waals surface area contributed by atoms with E-state index in [0.29, 0.717) is 23.7 Å². The third kappa shape index (κ3) is 2.54. The molecular weight excluding hydrogens is 308 g/mol. The Morgan fingerprint density at radius 2 is 2.10 bits per heavy atom. The van der Waals surface area contributed by atoms with E-state index in [-0.39, 0.29) is 9.77 Å². The zero-order valence-electron chi connectivity index (χ0n) is 12.1. The maximum absolute atomic E-state index is 12.7. The summed E-state index contributed by atoms with van der Waals surface area (Å²) in [6, 6.07) is 4.94. The summed E-state index contributed by atoms with van der Waals surface area (Å²) in [5, 5.41) is 0. The number of hydrogen-bond donors (Lipinski definition) is 0. The second-order valence-electron chi connectivity index (χ2n) is 5.67. The van der Waals surface area contributed by atoms with Crippen LogP contribution in [0.25, 0.3) is 10.2 Å². The van der Waals surface area contributed by atoms with Crippen molar-refractivity contribution in [1.82, 2.24) is 8.87 Å². The molecule has 2 heterocycles. The van der Waals surface area contributed by atoms with Gasteiger partial charge in [-0.3, -0.25) is 4.79 Å². The largest absolute Gasteiger partial charge is 0.307 e. The van der Waals surface area contributed by atoms with E-state index < -0.39 is 10.0 Å². The van der Waals surface area contributed by atoms with E-state index in [4.69, 9.17) is 0 Å². The molecule has 0 unspecified atom stereocenters. The Bertz CT molecular complexity index is 836. The Labute approximate surface area is 127 Å². The monoisotopic (exact) mass is 326 g/mol. The van der Waals surface area contributed by atoms with Crippen molar-refractivity contribution in [2.45, 2.75) is 24.7 Å². The van der Waals surface area contributed by atoms with E-state index in [0.717, 1.165) is 29.7 Å². The predicted molar refractivity (Wildman–Crippen MR) is 84.2 cm³/mol. The lowest BCUT2D eigenvalue weighted by atomic mass is 10.0. The topological polar surface area (TPSA) is 59.4 Å². The van der Waals surface area contributed by atoms with Crippen LogP contribution in [0.2, 0.25) is 0 Å². The average molecular weight is 326 g/mol.